The molecule has 2 rings (SSSR count). The first kappa shape index (κ1) is 15.3. The molecule has 1 aromatic rings. The van der Waals surface area contributed by atoms with E-state index in [2.05, 4.69) is 5.32 Å². The second-order valence-corrected chi connectivity index (χ2v) is 6.48. The predicted octanol–water partition coefficient (Wildman–Crippen LogP) is 3.88. The van der Waals surface area contributed by atoms with Crippen molar-refractivity contribution in [3.05, 3.63) is 28.8 Å². The number of hydrogen-bond acceptors (Lipinski definition) is 2. The van der Waals surface area contributed by atoms with Gasteiger partial charge < -0.3 is 11.1 Å². The van der Waals surface area contributed by atoms with Crippen LogP contribution in [0.15, 0.2) is 18.2 Å². The lowest BCUT2D eigenvalue weighted by Gasteiger charge is -2.32. The molecule has 20 heavy (non-hydrogen) atoms. The summed E-state index contributed by atoms with van der Waals surface area (Å²) in [6.45, 7) is 2.02. The second kappa shape index (κ2) is 6.10. The maximum Gasteiger partial charge on any atom is 0.230 e. The SMILES string of the molecule is CC1(C(=O)Nc2cc(C(N)=S)ccc2Cl)CCCCC1. The van der Waals surface area contributed by atoms with Gasteiger partial charge in [0.1, 0.15) is 4.99 Å². The molecule has 0 heterocycles. The number of benzene rings is 1. The fourth-order valence-electron chi connectivity index (χ4n) is 2.61. The highest BCUT2D eigenvalue weighted by Crippen LogP contribution is 2.37. The standard InChI is InChI=1S/C15H19ClN2OS/c1-15(7-3-2-4-8-15)14(19)18-12-9-10(13(17)20)5-6-11(12)16/h5-6,9H,2-4,7-8H2,1H3,(H2,17,20)(H,18,19). The van der Waals surface area contributed by atoms with Crippen LogP contribution in [0.2, 0.25) is 5.02 Å². The van der Waals surface area contributed by atoms with Crippen molar-refractivity contribution in [3.63, 3.8) is 0 Å². The number of nitrogens with two attached hydrogens (primary N) is 1. The summed E-state index contributed by atoms with van der Waals surface area (Å²) in [5.41, 5.74) is 6.58. The Hall–Kier alpha value is -1.13. The highest BCUT2D eigenvalue weighted by molar-refractivity contribution is 7.80. The maximum absolute atomic E-state index is 12.5. The molecule has 5 heteroatoms. The normalized spacial score (nSPS) is 17.5. The molecular weight excluding hydrogens is 292 g/mol. The molecule has 3 nitrogen and oxygen atoms in total. The number of carbonyl (C=O) groups is 1. The third-order valence-electron chi connectivity index (χ3n) is 4.00. The van der Waals surface area contributed by atoms with E-state index >= 15 is 0 Å². The van der Waals surface area contributed by atoms with Crippen LogP contribution in [-0.2, 0) is 4.79 Å². The van der Waals surface area contributed by atoms with Crippen LogP contribution in [-0.4, -0.2) is 10.9 Å². The van der Waals surface area contributed by atoms with E-state index in [1.807, 2.05) is 6.92 Å². The minimum absolute atomic E-state index is 0.0270. The van der Waals surface area contributed by atoms with Crippen LogP contribution in [0.4, 0.5) is 5.69 Å². The van der Waals surface area contributed by atoms with Crippen LogP contribution in [0.3, 0.4) is 0 Å². The largest absolute Gasteiger partial charge is 0.389 e. The lowest BCUT2D eigenvalue weighted by Crippen LogP contribution is -2.35. The van der Waals surface area contributed by atoms with E-state index in [-0.39, 0.29) is 11.3 Å². The van der Waals surface area contributed by atoms with Crippen LogP contribution < -0.4 is 11.1 Å². The summed E-state index contributed by atoms with van der Waals surface area (Å²) in [6, 6.07) is 5.19. The summed E-state index contributed by atoms with van der Waals surface area (Å²) >= 11 is 11.1. The molecular formula is C15H19ClN2OS. The third-order valence-corrected chi connectivity index (χ3v) is 4.57. The first-order chi connectivity index (χ1) is 9.42. The molecule has 1 saturated carbocycles. The summed E-state index contributed by atoms with van der Waals surface area (Å²) in [5, 5.41) is 3.43. The fourth-order valence-corrected chi connectivity index (χ4v) is 2.90. The van der Waals surface area contributed by atoms with Gasteiger partial charge in [-0.1, -0.05) is 56.1 Å². The molecule has 0 atom stereocenters. The van der Waals surface area contributed by atoms with Crippen molar-refractivity contribution in [1.29, 1.82) is 0 Å². The third kappa shape index (κ3) is 3.30. The summed E-state index contributed by atoms with van der Waals surface area (Å²) < 4.78 is 0. The van der Waals surface area contributed by atoms with E-state index in [9.17, 15) is 4.79 Å². The van der Waals surface area contributed by atoms with E-state index in [0.717, 1.165) is 25.7 Å². The van der Waals surface area contributed by atoms with Crippen LogP contribution in [0.5, 0.6) is 0 Å². The highest BCUT2D eigenvalue weighted by atomic mass is 35.5. The molecule has 1 aliphatic carbocycles. The number of rotatable bonds is 3. The molecule has 0 spiro atoms. The summed E-state index contributed by atoms with van der Waals surface area (Å²) in [7, 11) is 0. The summed E-state index contributed by atoms with van der Waals surface area (Å²) in [5.74, 6) is 0.0270. The van der Waals surface area contributed by atoms with Crippen molar-refractivity contribution in [3.8, 4) is 0 Å². The molecule has 0 aromatic heterocycles. The van der Waals surface area contributed by atoms with Crippen molar-refractivity contribution in [2.75, 3.05) is 5.32 Å². The lowest BCUT2D eigenvalue weighted by molar-refractivity contribution is -0.126. The molecule has 3 N–H and O–H groups in total. The number of amides is 1. The number of nitrogens with one attached hydrogen (secondary N) is 1. The van der Waals surface area contributed by atoms with Crippen molar-refractivity contribution >= 4 is 40.4 Å². The summed E-state index contributed by atoms with van der Waals surface area (Å²) in [6.07, 6.45) is 5.26. The fraction of sp³-hybridized carbons (Fsp3) is 0.467. The van der Waals surface area contributed by atoms with Crippen LogP contribution in [0.1, 0.15) is 44.6 Å². The number of halogens is 1. The van der Waals surface area contributed by atoms with Gasteiger partial charge in [0.05, 0.1) is 10.7 Å². The van der Waals surface area contributed by atoms with E-state index in [0.29, 0.717) is 21.3 Å². The van der Waals surface area contributed by atoms with Crippen LogP contribution in [0.25, 0.3) is 0 Å². The molecule has 1 aliphatic rings. The Kier molecular flexibility index (Phi) is 4.66. The van der Waals surface area contributed by atoms with E-state index in [1.165, 1.54) is 6.42 Å². The van der Waals surface area contributed by atoms with E-state index in [4.69, 9.17) is 29.6 Å². The van der Waals surface area contributed by atoms with Crippen molar-refractivity contribution in [2.45, 2.75) is 39.0 Å². The van der Waals surface area contributed by atoms with Gasteiger partial charge in [-0.05, 0) is 25.0 Å². The Bertz CT molecular complexity index is 539. The number of hydrogen-bond donors (Lipinski definition) is 2. The van der Waals surface area contributed by atoms with Gasteiger partial charge in [-0.2, -0.15) is 0 Å². The van der Waals surface area contributed by atoms with Gasteiger partial charge in [0.15, 0.2) is 0 Å². The van der Waals surface area contributed by atoms with E-state index < -0.39 is 0 Å². The van der Waals surface area contributed by atoms with Gasteiger partial charge in [-0.25, -0.2) is 0 Å². The monoisotopic (exact) mass is 310 g/mol. The van der Waals surface area contributed by atoms with Crippen molar-refractivity contribution in [2.24, 2.45) is 11.1 Å². The Balaban J connectivity index is 2.18. The van der Waals surface area contributed by atoms with Crippen molar-refractivity contribution < 1.29 is 4.79 Å². The summed E-state index contributed by atoms with van der Waals surface area (Å²) in [4.78, 5) is 12.8. The first-order valence-electron chi connectivity index (χ1n) is 6.83. The zero-order valence-corrected chi connectivity index (χ0v) is 13.1. The molecule has 0 bridgehead atoms. The number of anilines is 1. The topological polar surface area (TPSA) is 55.1 Å². The zero-order valence-electron chi connectivity index (χ0n) is 11.5. The van der Waals surface area contributed by atoms with Gasteiger partial charge in [0.25, 0.3) is 0 Å². The molecule has 1 aromatic carbocycles. The minimum atomic E-state index is -0.305. The van der Waals surface area contributed by atoms with Gasteiger partial charge >= 0.3 is 0 Å². The quantitative estimate of drug-likeness (QED) is 0.833. The van der Waals surface area contributed by atoms with Gasteiger partial charge in [-0.15, -0.1) is 0 Å². The Morgan fingerprint density at radius 3 is 2.60 bits per heavy atom. The molecule has 0 aliphatic heterocycles. The lowest BCUT2D eigenvalue weighted by atomic mass is 9.75. The molecule has 0 radical (unpaired) electrons. The molecule has 0 saturated heterocycles. The number of thiocarbonyl (C=S) groups is 1. The van der Waals surface area contributed by atoms with Gasteiger partial charge in [0, 0.05) is 11.0 Å². The van der Waals surface area contributed by atoms with E-state index in [1.54, 1.807) is 18.2 Å². The first-order valence-corrected chi connectivity index (χ1v) is 7.62. The zero-order chi connectivity index (χ0) is 14.8. The highest BCUT2D eigenvalue weighted by Gasteiger charge is 2.34. The molecule has 1 fully saturated rings. The Morgan fingerprint density at radius 2 is 2.00 bits per heavy atom. The van der Waals surface area contributed by atoms with Gasteiger partial charge in [0.2, 0.25) is 5.91 Å². The number of carbonyl (C=O) groups excluding carboxylic acids is 1. The second-order valence-electron chi connectivity index (χ2n) is 5.63. The minimum Gasteiger partial charge on any atom is -0.389 e. The predicted molar refractivity (Wildman–Crippen MR) is 87.2 cm³/mol. The molecule has 0 unspecified atom stereocenters. The van der Waals surface area contributed by atoms with Crippen molar-refractivity contribution in [1.82, 2.24) is 0 Å². The maximum atomic E-state index is 12.5. The average molecular weight is 311 g/mol. The van der Waals surface area contributed by atoms with Crippen LogP contribution >= 0.6 is 23.8 Å². The molecule has 1 amide bonds. The van der Waals surface area contributed by atoms with Crippen LogP contribution in [0, 0.1) is 5.41 Å². The Morgan fingerprint density at radius 1 is 1.35 bits per heavy atom. The average Bonchev–Trinajstić information content (AvgIpc) is 2.41. The smallest absolute Gasteiger partial charge is 0.230 e. The van der Waals surface area contributed by atoms with Gasteiger partial charge in [-0.3, -0.25) is 4.79 Å². The Labute approximate surface area is 129 Å². The molecule has 108 valence electrons.